The minimum atomic E-state index is -3.41. The van der Waals surface area contributed by atoms with E-state index in [0.717, 1.165) is 29.7 Å². The van der Waals surface area contributed by atoms with Crippen LogP contribution in [0.1, 0.15) is 18.4 Å². The zero-order valence-electron chi connectivity index (χ0n) is 9.93. The second kappa shape index (κ2) is 6.07. The molecule has 0 saturated carbocycles. The van der Waals surface area contributed by atoms with Crippen LogP contribution in [-0.2, 0) is 10.0 Å². The number of nitrogens with zero attached hydrogens (tertiary/aromatic N) is 1. The lowest BCUT2D eigenvalue weighted by Crippen LogP contribution is -2.45. The molecule has 1 aliphatic heterocycles. The van der Waals surface area contributed by atoms with Crippen molar-refractivity contribution in [1.82, 2.24) is 4.31 Å². The number of rotatable bonds is 2. The summed E-state index contributed by atoms with van der Waals surface area (Å²) in [7, 11) is -3.41. The van der Waals surface area contributed by atoms with E-state index in [4.69, 9.17) is 17.3 Å². The molecule has 1 unspecified atom stereocenters. The molecule has 104 valence electrons. The number of thiophene rings is 1. The first-order chi connectivity index (χ1) is 7.91. The Morgan fingerprint density at radius 2 is 2.22 bits per heavy atom. The van der Waals surface area contributed by atoms with Gasteiger partial charge in [0.2, 0.25) is 0 Å². The summed E-state index contributed by atoms with van der Waals surface area (Å²) in [5, 5.41) is 0. The predicted molar refractivity (Wildman–Crippen MR) is 77.3 cm³/mol. The van der Waals surface area contributed by atoms with Gasteiger partial charge in [-0.1, -0.05) is 11.6 Å². The number of aryl methyl sites for hydroxylation is 1. The molecule has 1 aromatic heterocycles. The molecule has 4 nitrogen and oxygen atoms in total. The molecule has 0 bridgehead atoms. The Morgan fingerprint density at radius 3 is 2.72 bits per heavy atom. The van der Waals surface area contributed by atoms with Gasteiger partial charge in [0.25, 0.3) is 10.0 Å². The number of piperidine rings is 1. The maximum absolute atomic E-state index is 12.3. The van der Waals surface area contributed by atoms with Crippen molar-refractivity contribution in [1.29, 1.82) is 0 Å². The SMILES string of the molecule is Cc1cc(S(=O)(=O)N2CCCC(N)C2)sc1Cl.Cl. The molecule has 1 aromatic rings. The van der Waals surface area contributed by atoms with Crippen LogP contribution >= 0.6 is 35.3 Å². The maximum atomic E-state index is 12.3. The zero-order chi connectivity index (χ0) is 12.6. The molecule has 8 heteroatoms. The molecule has 0 radical (unpaired) electrons. The van der Waals surface area contributed by atoms with Crippen molar-refractivity contribution < 1.29 is 8.42 Å². The van der Waals surface area contributed by atoms with Crippen LogP contribution in [-0.4, -0.2) is 31.9 Å². The van der Waals surface area contributed by atoms with Crippen molar-refractivity contribution in [3.63, 3.8) is 0 Å². The van der Waals surface area contributed by atoms with Gasteiger partial charge < -0.3 is 5.73 Å². The second-order valence-electron chi connectivity index (χ2n) is 4.29. The van der Waals surface area contributed by atoms with Crippen LogP contribution in [0.5, 0.6) is 0 Å². The smallest absolute Gasteiger partial charge is 0.252 e. The lowest BCUT2D eigenvalue weighted by atomic mass is 10.1. The Hall–Kier alpha value is 0.150. The average molecular weight is 331 g/mol. The molecule has 2 N–H and O–H groups in total. The van der Waals surface area contributed by atoms with E-state index in [1.165, 1.54) is 4.31 Å². The molecule has 2 heterocycles. The predicted octanol–water partition coefficient (Wildman–Crippen LogP) is 2.24. The van der Waals surface area contributed by atoms with Crippen LogP contribution in [0.2, 0.25) is 4.34 Å². The van der Waals surface area contributed by atoms with Crippen LogP contribution in [0.25, 0.3) is 0 Å². The average Bonchev–Trinajstić information content (AvgIpc) is 2.60. The van der Waals surface area contributed by atoms with Crippen molar-refractivity contribution >= 4 is 45.4 Å². The van der Waals surface area contributed by atoms with Crippen LogP contribution in [0, 0.1) is 6.92 Å². The van der Waals surface area contributed by atoms with Gasteiger partial charge in [-0.25, -0.2) is 8.42 Å². The molecule has 1 saturated heterocycles. The quantitative estimate of drug-likeness (QED) is 0.904. The van der Waals surface area contributed by atoms with E-state index in [0.29, 0.717) is 21.6 Å². The van der Waals surface area contributed by atoms with Crippen molar-refractivity contribution in [2.45, 2.75) is 30.0 Å². The van der Waals surface area contributed by atoms with E-state index in [1.54, 1.807) is 13.0 Å². The summed E-state index contributed by atoms with van der Waals surface area (Å²) in [4.78, 5) is 0. The molecular formula is C10H16Cl2N2O2S2. The summed E-state index contributed by atoms with van der Waals surface area (Å²) in [6.07, 6.45) is 1.70. The fourth-order valence-electron chi connectivity index (χ4n) is 1.88. The minimum Gasteiger partial charge on any atom is -0.327 e. The zero-order valence-corrected chi connectivity index (χ0v) is 13.1. The Kier molecular flexibility index (Phi) is 5.46. The summed E-state index contributed by atoms with van der Waals surface area (Å²) < 4.78 is 26.9. The lowest BCUT2D eigenvalue weighted by Gasteiger charge is -2.29. The first-order valence-electron chi connectivity index (χ1n) is 5.43. The molecule has 0 aliphatic carbocycles. The van der Waals surface area contributed by atoms with Gasteiger partial charge in [0.1, 0.15) is 4.21 Å². The van der Waals surface area contributed by atoms with E-state index < -0.39 is 10.0 Å². The van der Waals surface area contributed by atoms with Crippen LogP contribution < -0.4 is 5.73 Å². The first-order valence-corrected chi connectivity index (χ1v) is 8.06. The Balaban J connectivity index is 0.00000162. The third-order valence-corrected chi connectivity index (χ3v) is 6.72. The van der Waals surface area contributed by atoms with E-state index >= 15 is 0 Å². The fourth-order valence-corrected chi connectivity index (χ4v) is 5.28. The molecule has 0 aromatic carbocycles. The molecule has 1 aliphatic rings. The lowest BCUT2D eigenvalue weighted by molar-refractivity contribution is 0.316. The summed E-state index contributed by atoms with van der Waals surface area (Å²) in [5.74, 6) is 0. The third-order valence-electron chi connectivity index (χ3n) is 2.85. The number of nitrogens with two attached hydrogens (primary N) is 1. The standard InChI is InChI=1S/C10H15ClN2O2S2.ClH/c1-7-5-9(16-10(7)11)17(14,15)13-4-2-3-8(12)6-13;/h5,8H,2-4,6,12H2,1H3;1H. The molecular weight excluding hydrogens is 315 g/mol. The van der Waals surface area contributed by atoms with Gasteiger partial charge in [-0.05, 0) is 31.4 Å². The van der Waals surface area contributed by atoms with Crippen molar-refractivity contribution in [2.75, 3.05) is 13.1 Å². The molecule has 1 fully saturated rings. The molecule has 0 amide bonds. The molecule has 0 spiro atoms. The maximum Gasteiger partial charge on any atom is 0.252 e. The highest BCUT2D eigenvalue weighted by molar-refractivity contribution is 7.91. The van der Waals surface area contributed by atoms with Crippen LogP contribution in [0.3, 0.4) is 0 Å². The van der Waals surface area contributed by atoms with Gasteiger partial charge in [-0.2, -0.15) is 4.31 Å². The van der Waals surface area contributed by atoms with E-state index in [-0.39, 0.29) is 18.4 Å². The Morgan fingerprint density at radius 1 is 1.56 bits per heavy atom. The van der Waals surface area contributed by atoms with Gasteiger partial charge in [0.15, 0.2) is 0 Å². The fraction of sp³-hybridized carbons (Fsp3) is 0.600. The summed E-state index contributed by atoms with van der Waals surface area (Å²) in [5.41, 5.74) is 6.61. The summed E-state index contributed by atoms with van der Waals surface area (Å²) in [6.45, 7) is 2.75. The summed E-state index contributed by atoms with van der Waals surface area (Å²) in [6, 6.07) is 1.57. The van der Waals surface area contributed by atoms with E-state index in [2.05, 4.69) is 0 Å². The first kappa shape index (κ1) is 16.2. The summed E-state index contributed by atoms with van der Waals surface area (Å²) >= 11 is 7.03. The van der Waals surface area contributed by atoms with Gasteiger partial charge >= 0.3 is 0 Å². The largest absolute Gasteiger partial charge is 0.327 e. The van der Waals surface area contributed by atoms with Gasteiger partial charge in [0.05, 0.1) is 4.34 Å². The number of sulfonamides is 1. The second-order valence-corrected chi connectivity index (χ2v) is 8.11. The number of hydrogen-bond acceptors (Lipinski definition) is 4. The third kappa shape index (κ3) is 3.18. The van der Waals surface area contributed by atoms with Crippen LogP contribution in [0.15, 0.2) is 10.3 Å². The molecule has 1 atom stereocenters. The monoisotopic (exact) mass is 330 g/mol. The van der Waals surface area contributed by atoms with E-state index in [1.807, 2.05) is 0 Å². The van der Waals surface area contributed by atoms with Crippen molar-refractivity contribution in [3.8, 4) is 0 Å². The highest BCUT2D eigenvalue weighted by atomic mass is 35.5. The Labute approximate surface area is 123 Å². The van der Waals surface area contributed by atoms with Gasteiger partial charge in [-0.15, -0.1) is 23.7 Å². The number of hydrogen-bond donors (Lipinski definition) is 1. The normalized spacial score (nSPS) is 21.6. The topological polar surface area (TPSA) is 63.4 Å². The van der Waals surface area contributed by atoms with Gasteiger partial charge in [-0.3, -0.25) is 0 Å². The highest BCUT2D eigenvalue weighted by Gasteiger charge is 2.30. The van der Waals surface area contributed by atoms with Crippen molar-refractivity contribution in [2.24, 2.45) is 5.73 Å². The van der Waals surface area contributed by atoms with Gasteiger partial charge in [0, 0.05) is 19.1 Å². The molecule has 18 heavy (non-hydrogen) atoms. The van der Waals surface area contributed by atoms with Crippen LogP contribution in [0.4, 0.5) is 0 Å². The minimum absolute atomic E-state index is 0. The molecule has 2 rings (SSSR count). The number of halogens is 2. The van der Waals surface area contributed by atoms with E-state index in [9.17, 15) is 8.42 Å². The Bertz CT molecular complexity index is 496. The van der Waals surface area contributed by atoms with Crippen molar-refractivity contribution in [3.05, 3.63) is 16.0 Å². The highest BCUT2D eigenvalue weighted by Crippen LogP contribution is 2.32.